The zero-order valence-electron chi connectivity index (χ0n) is 22.7. The first-order valence-corrected chi connectivity index (χ1v) is 13.6. The third-order valence-corrected chi connectivity index (χ3v) is 7.29. The number of hydrogen-bond donors (Lipinski definition) is 1. The molecule has 6 heteroatoms. The first-order chi connectivity index (χ1) is 17.9. The molecule has 2 heterocycles. The molecule has 196 valence electrons. The Kier molecular flexibility index (Phi) is 10.4. The molecule has 0 spiro atoms. The monoisotopic (exact) mass is 500 g/mol. The summed E-state index contributed by atoms with van der Waals surface area (Å²) in [7, 11) is 2.07. The Morgan fingerprint density at radius 1 is 1.11 bits per heavy atom. The van der Waals surface area contributed by atoms with Crippen molar-refractivity contribution in [3.8, 4) is 6.07 Å². The van der Waals surface area contributed by atoms with Crippen LogP contribution < -0.4 is 5.32 Å². The Hall–Kier alpha value is -3.46. The van der Waals surface area contributed by atoms with Gasteiger partial charge in [-0.05, 0) is 74.4 Å². The Morgan fingerprint density at radius 3 is 2.41 bits per heavy atom. The molecular weight excluding hydrogens is 460 g/mol. The van der Waals surface area contributed by atoms with E-state index in [2.05, 4.69) is 48.0 Å². The molecule has 3 aromatic rings. The lowest BCUT2D eigenvalue weighted by Gasteiger charge is -2.17. The highest BCUT2D eigenvalue weighted by atomic mass is 16.2. The number of nitrogens with zero attached hydrogens (tertiary/aromatic N) is 3. The number of fused-ring (bicyclic) bond motifs is 1. The standard InChI is InChI=1S/C23H26N4O.C8H14O/c1-4-6-17(7-5-2)20-15-27(3)22-9-8-18(13-19(20)22)26-23(28)21-12-16(14-24)10-11-25-21;1-7(9)8-5-3-2-4-6-8/h8-13,15,17H,4-7H2,1-3H3,(H,26,28);8H,2-6H2,1H3. The van der Waals surface area contributed by atoms with Crippen LogP contribution in [-0.2, 0) is 11.8 Å². The van der Waals surface area contributed by atoms with E-state index in [0.29, 0.717) is 23.2 Å². The van der Waals surface area contributed by atoms with E-state index >= 15 is 0 Å². The fourth-order valence-corrected chi connectivity index (χ4v) is 5.31. The molecule has 0 atom stereocenters. The van der Waals surface area contributed by atoms with E-state index in [4.69, 9.17) is 5.26 Å². The van der Waals surface area contributed by atoms with Crippen LogP contribution in [0.3, 0.4) is 0 Å². The topological polar surface area (TPSA) is 87.8 Å². The zero-order valence-corrected chi connectivity index (χ0v) is 22.7. The molecule has 6 nitrogen and oxygen atoms in total. The number of nitrogens with one attached hydrogen (secondary N) is 1. The van der Waals surface area contributed by atoms with Gasteiger partial charge in [0, 0.05) is 41.9 Å². The molecule has 37 heavy (non-hydrogen) atoms. The average molecular weight is 501 g/mol. The molecule has 1 amide bonds. The fourth-order valence-electron chi connectivity index (χ4n) is 5.31. The summed E-state index contributed by atoms with van der Waals surface area (Å²) in [6, 6.07) is 11.1. The van der Waals surface area contributed by atoms with Gasteiger partial charge in [-0.25, -0.2) is 0 Å². The number of rotatable bonds is 8. The van der Waals surface area contributed by atoms with Crippen molar-refractivity contribution in [2.24, 2.45) is 13.0 Å². The quantitative estimate of drug-likeness (QED) is 0.346. The van der Waals surface area contributed by atoms with Crippen molar-refractivity contribution >= 4 is 28.3 Å². The highest BCUT2D eigenvalue weighted by molar-refractivity contribution is 6.04. The van der Waals surface area contributed by atoms with E-state index in [1.807, 2.05) is 18.2 Å². The van der Waals surface area contributed by atoms with Crippen molar-refractivity contribution in [2.75, 3.05) is 5.32 Å². The van der Waals surface area contributed by atoms with Gasteiger partial charge in [0.2, 0.25) is 0 Å². The van der Waals surface area contributed by atoms with Crippen LogP contribution in [0.15, 0.2) is 42.7 Å². The number of ketones is 1. The largest absolute Gasteiger partial charge is 0.350 e. The molecule has 1 aliphatic carbocycles. The molecule has 1 aromatic carbocycles. The molecule has 1 aliphatic rings. The number of carbonyl (C=O) groups is 2. The van der Waals surface area contributed by atoms with Gasteiger partial charge in [-0.15, -0.1) is 0 Å². The second-order valence-electron chi connectivity index (χ2n) is 10.1. The first-order valence-electron chi connectivity index (χ1n) is 13.6. The molecule has 0 unspecified atom stereocenters. The van der Waals surface area contributed by atoms with Gasteiger partial charge in [0.25, 0.3) is 5.91 Å². The molecule has 1 N–H and O–H groups in total. The second-order valence-corrected chi connectivity index (χ2v) is 10.1. The smallest absolute Gasteiger partial charge is 0.274 e. The molecule has 0 bridgehead atoms. The van der Waals surface area contributed by atoms with Crippen molar-refractivity contribution in [1.29, 1.82) is 5.26 Å². The highest BCUT2D eigenvalue weighted by Gasteiger charge is 2.18. The van der Waals surface area contributed by atoms with Gasteiger partial charge in [0.05, 0.1) is 11.6 Å². The van der Waals surface area contributed by atoms with Gasteiger partial charge in [0.1, 0.15) is 11.5 Å². The summed E-state index contributed by atoms with van der Waals surface area (Å²) in [5.74, 6) is 1.03. The molecule has 2 aromatic heterocycles. The van der Waals surface area contributed by atoms with Crippen molar-refractivity contribution in [1.82, 2.24) is 9.55 Å². The Bertz CT molecular complexity index is 1240. The lowest BCUT2D eigenvalue weighted by atomic mass is 9.87. The predicted octanol–water partition coefficient (Wildman–Crippen LogP) is 7.54. The van der Waals surface area contributed by atoms with Gasteiger partial charge in [-0.3, -0.25) is 14.6 Å². The highest BCUT2D eigenvalue weighted by Crippen LogP contribution is 2.34. The normalized spacial score (nSPS) is 13.6. The van der Waals surface area contributed by atoms with Gasteiger partial charge in [0.15, 0.2) is 0 Å². The number of anilines is 1. The number of amides is 1. The zero-order chi connectivity index (χ0) is 26.8. The number of aromatic nitrogens is 2. The van der Waals surface area contributed by atoms with Gasteiger partial charge in [-0.1, -0.05) is 46.0 Å². The predicted molar refractivity (Wildman–Crippen MR) is 150 cm³/mol. The number of Topliss-reactive ketones (excluding diaryl/α,β-unsaturated/α-hetero) is 1. The van der Waals surface area contributed by atoms with E-state index in [1.54, 1.807) is 13.0 Å². The Labute approximate surface area is 221 Å². The van der Waals surface area contributed by atoms with Crippen LogP contribution in [0.5, 0.6) is 0 Å². The van der Waals surface area contributed by atoms with Gasteiger partial charge >= 0.3 is 0 Å². The van der Waals surface area contributed by atoms with E-state index in [9.17, 15) is 9.59 Å². The number of carbonyl (C=O) groups excluding carboxylic acids is 2. The summed E-state index contributed by atoms with van der Waals surface area (Å²) in [4.78, 5) is 27.4. The first kappa shape index (κ1) is 28.1. The Balaban J connectivity index is 0.000000356. The summed E-state index contributed by atoms with van der Waals surface area (Å²) in [6.07, 6.45) is 14.5. The summed E-state index contributed by atoms with van der Waals surface area (Å²) in [5.41, 5.74) is 3.91. The molecule has 4 rings (SSSR count). The Morgan fingerprint density at radius 2 is 1.81 bits per heavy atom. The molecule has 1 fully saturated rings. The summed E-state index contributed by atoms with van der Waals surface area (Å²) < 4.78 is 2.16. The SMILES string of the molecule is CC(=O)C1CCCCC1.CCCC(CCC)c1cn(C)c2ccc(NC(=O)c3cc(C#N)ccn3)cc12. The van der Waals surface area contributed by atoms with Crippen LogP contribution >= 0.6 is 0 Å². The maximum absolute atomic E-state index is 12.6. The summed E-state index contributed by atoms with van der Waals surface area (Å²) >= 11 is 0. The van der Waals surface area contributed by atoms with Crippen molar-refractivity contribution in [2.45, 2.75) is 84.5 Å². The molecule has 0 saturated heterocycles. The maximum Gasteiger partial charge on any atom is 0.274 e. The van der Waals surface area contributed by atoms with Crippen LogP contribution in [0.1, 0.15) is 106 Å². The van der Waals surface area contributed by atoms with Crippen LogP contribution in [0, 0.1) is 17.2 Å². The third-order valence-electron chi connectivity index (χ3n) is 7.29. The van der Waals surface area contributed by atoms with Crippen molar-refractivity contribution < 1.29 is 9.59 Å². The molecule has 1 saturated carbocycles. The minimum Gasteiger partial charge on any atom is -0.350 e. The molecule has 0 aliphatic heterocycles. The number of benzene rings is 1. The molecule has 0 radical (unpaired) electrons. The minimum absolute atomic E-state index is 0.238. The maximum atomic E-state index is 12.6. The van der Waals surface area contributed by atoms with Crippen LogP contribution in [0.4, 0.5) is 5.69 Å². The van der Waals surface area contributed by atoms with Crippen LogP contribution in [0.2, 0.25) is 0 Å². The van der Waals surface area contributed by atoms with Crippen LogP contribution in [0.25, 0.3) is 10.9 Å². The lowest BCUT2D eigenvalue weighted by Crippen LogP contribution is -2.13. The van der Waals surface area contributed by atoms with Crippen LogP contribution in [-0.4, -0.2) is 21.2 Å². The van der Waals surface area contributed by atoms with E-state index in [-0.39, 0.29) is 11.6 Å². The van der Waals surface area contributed by atoms with Crippen molar-refractivity contribution in [3.05, 3.63) is 59.5 Å². The number of nitriles is 1. The average Bonchev–Trinajstić information content (AvgIpc) is 3.24. The summed E-state index contributed by atoms with van der Waals surface area (Å²) in [5, 5.41) is 13.1. The van der Waals surface area contributed by atoms with Gasteiger partial charge < -0.3 is 9.88 Å². The number of hydrogen-bond acceptors (Lipinski definition) is 4. The van der Waals surface area contributed by atoms with E-state index in [1.165, 1.54) is 42.5 Å². The van der Waals surface area contributed by atoms with E-state index < -0.39 is 0 Å². The summed E-state index contributed by atoms with van der Waals surface area (Å²) in [6.45, 7) is 6.17. The number of pyridine rings is 1. The third kappa shape index (κ3) is 7.52. The number of aryl methyl sites for hydroxylation is 1. The lowest BCUT2D eigenvalue weighted by molar-refractivity contribution is -0.121. The molecular formula is C31H40N4O2. The minimum atomic E-state index is -0.312. The van der Waals surface area contributed by atoms with E-state index in [0.717, 1.165) is 49.7 Å². The van der Waals surface area contributed by atoms with Gasteiger partial charge in [-0.2, -0.15) is 5.26 Å². The van der Waals surface area contributed by atoms with Crippen molar-refractivity contribution in [3.63, 3.8) is 0 Å². The fraction of sp³-hybridized carbons (Fsp3) is 0.484. The second kappa shape index (κ2) is 13.7.